The van der Waals surface area contributed by atoms with Gasteiger partial charge in [0.15, 0.2) is 0 Å². The van der Waals surface area contributed by atoms with Gasteiger partial charge in [-0.25, -0.2) is 0 Å². The predicted octanol–water partition coefficient (Wildman–Crippen LogP) is 2.25. The van der Waals surface area contributed by atoms with Crippen molar-refractivity contribution in [3.05, 3.63) is 28.8 Å². The van der Waals surface area contributed by atoms with Crippen molar-refractivity contribution in [3.8, 4) is 5.75 Å². The molecule has 1 atom stereocenters. The van der Waals surface area contributed by atoms with E-state index in [9.17, 15) is 9.90 Å². The van der Waals surface area contributed by atoms with Gasteiger partial charge in [0.25, 0.3) is 0 Å². The molecule has 0 bridgehead atoms. The number of carboxylic acid groups (broad SMARTS) is 1. The van der Waals surface area contributed by atoms with Crippen LogP contribution in [0.5, 0.6) is 5.75 Å². The zero-order valence-corrected chi connectivity index (χ0v) is 11.4. The first-order chi connectivity index (χ1) is 8.43. The van der Waals surface area contributed by atoms with Gasteiger partial charge in [-0.3, -0.25) is 4.79 Å². The maximum atomic E-state index is 11.3. The number of ether oxygens (including phenoxy) is 1. The van der Waals surface area contributed by atoms with Gasteiger partial charge in [-0.15, -0.1) is 0 Å². The van der Waals surface area contributed by atoms with Gasteiger partial charge in [0, 0.05) is 12.1 Å². The summed E-state index contributed by atoms with van der Waals surface area (Å²) in [6.45, 7) is 6.03. The zero-order chi connectivity index (χ0) is 13.9. The molecule has 0 aliphatic carbocycles. The van der Waals surface area contributed by atoms with E-state index < -0.39 is 11.9 Å². The molecule has 100 valence electrons. The Balaban J connectivity index is 3.53. The van der Waals surface area contributed by atoms with Crippen LogP contribution in [-0.2, 0) is 4.79 Å². The average molecular weight is 251 g/mol. The highest BCUT2D eigenvalue weighted by Gasteiger charge is 2.27. The first-order valence-corrected chi connectivity index (χ1v) is 6.04. The van der Waals surface area contributed by atoms with Crippen molar-refractivity contribution >= 4 is 5.97 Å². The number of aryl methyl sites for hydroxylation is 1. The molecule has 0 spiro atoms. The highest BCUT2D eigenvalue weighted by molar-refractivity contribution is 5.78. The second kappa shape index (κ2) is 5.87. The highest BCUT2D eigenvalue weighted by atomic mass is 16.5. The second-order valence-corrected chi connectivity index (χ2v) is 4.70. The molecule has 0 radical (unpaired) electrons. The highest BCUT2D eigenvalue weighted by Crippen LogP contribution is 2.36. The van der Waals surface area contributed by atoms with Crippen LogP contribution in [0, 0.1) is 6.92 Å². The van der Waals surface area contributed by atoms with Gasteiger partial charge in [-0.1, -0.05) is 26.0 Å². The lowest BCUT2D eigenvalue weighted by Crippen LogP contribution is -2.23. The summed E-state index contributed by atoms with van der Waals surface area (Å²) in [7, 11) is 1.56. The molecule has 0 aromatic heterocycles. The Morgan fingerprint density at radius 3 is 2.44 bits per heavy atom. The minimum atomic E-state index is -0.914. The monoisotopic (exact) mass is 251 g/mol. The summed E-state index contributed by atoms with van der Waals surface area (Å²) in [4.78, 5) is 11.3. The van der Waals surface area contributed by atoms with Gasteiger partial charge in [0.1, 0.15) is 5.75 Å². The third-order valence-electron chi connectivity index (χ3n) is 3.14. The lowest BCUT2D eigenvalue weighted by molar-refractivity contribution is -0.138. The Kier molecular flexibility index (Phi) is 4.73. The molecule has 1 aromatic rings. The standard InChI is InChI=1S/C14H21NO3/c1-8(2)10-6-5-9(3)13(18-4)12(10)11(7-15)14(16)17/h5-6,8,11H,7,15H2,1-4H3,(H,16,17). The molecule has 0 saturated carbocycles. The van der Waals surface area contributed by atoms with Crippen molar-refractivity contribution in [1.29, 1.82) is 0 Å². The molecule has 0 heterocycles. The molecule has 1 unspecified atom stereocenters. The second-order valence-electron chi connectivity index (χ2n) is 4.70. The largest absolute Gasteiger partial charge is 0.496 e. The Labute approximate surface area is 108 Å². The number of methoxy groups -OCH3 is 1. The van der Waals surface area contributed by atoms with Crippen LogP contribution in [0.2, 0.25) is 0 Å². The lowest BCUT2D eigenvalue weighted by Gasteiger charge is -2.22. The number of benzene rings is 1. The predicted molar refractivity (Wildman–Crippen MR) is 71.3 cm³/mol. The quantitative estimate of drug-likeness (QED) is 0.842. The minimum absolute atomic E-state index is 0.0644. The number of aliphatic carboxylic acids is 1. The van der Waals surface area contributed by atoms with Crippen LogP contribution in [0.3, 0.4) is 0 Å². The molecule has 0 saturated heterocycles. The van der Waals surface area contributed by atoms with Crippen LogP contribution in [-0.4, -0.2) is 24.7 Å². The van der Waals surface area contributed by atoms with Gasteiger partial charge >= 0.3 is 5.97 Å². The maximum absolute atomic E-state index is 11.3. The fraction of sp³-hybridized carbons (Fsp3) is 0.500. The van der Waals surface area contributed by atoms with E-state index in [1.165, 1.54) is 0 Å². The number of nitrogens with two attached hydrogens (primary N) is 1. The summed E-state index contributed by atoms with van der Waals surface area (Å²) in [5.74, 6) is -0.775. The van der Waals surface area contributed by atoms with E-state index in [0.717, 1.165) is 11.1 Å². The van der Waals surface area contributed by atoms with E-state index in [1.54, 1.807) is 7.11 Å². The van der Waals surface area contributed by atoms with Crippen LogP contribution < -0.4 is 10.5 Å². The van der Waals surface area contributed by atoms with E-state index in [-0.39, 0.29) is 12.5 Å². The zero-order valence-electron chi connectivity index (χ0n) is 11.4. The van der Waals surface area contributed by atoms with Crippen LogP contribution in [0.15, 0.2) is 12.1 Å². The molecular weight excluding hydrogens is 230 g/mol. The van der Waals surface area contributed by atoms with Gasteiger partial charge in [0.05, 0.1) is 13.0 Å². The number of rotatable bonds is 5. The summed E-state index contributed by atoms with van der Waals surface area (Å²) in [6.07, 6.45) is 0. The molecule has 1 aromatic carbocycles. The SMILES string of the molecule is COc1c(C)ccc(C(C)C)c1C(CN)C(=O)O. The first kappa shape index (κ1) is 14.5. The van der Waals surface area contributed by atoms with E-state index in [2.05, 4.69) is 0 Å². The van der Waals surface area contributed by atoms with Crippen molar-refractivity contribution in [2.24, 2.45) is 5.73 Å². The molecule has 4 nitrogen and oxygen atoms in total. The summed E-state index contributed by atoms with van der Waals surface area (Å²) in [5.41, 5.74) is 8.23. The first-order valence-electron chi connectivity index (χ1n) is 6.04. The molecular formula is C14H21NO3. The van der Waals surface area contributed by atoms with E-state index >= 15 is 0 Å². The number of hydrogen-bond acceptors (Lipinski definition) is 3. The smallest absolute Gasteiger partial charge is 0.312 e. The molecule has 0 amide bonds. The minimum Gasteiger partial charge on any atom is -0.496 e. The normalized spacial score (nSPS) is 12.6. The third-order valence-corrected chi connectivity index (χ3v) is 3.14. The van der Waals surface area contributed by atoms with E-state index in [4.69, 9.17) is 10.5 Å². The summed E-state index contributed by atoms with van der Waals surface area (Å²) < 4.78 is 5.38. The molecule has 3 N–H and O–H groups in total. The van der Waals surface area contributed by atoms with Crippen LogP contribution in [0.4, 0.5) is 0 Å². The van der Waals surface area contributed by atoms with Gasteiger partial charge < -0.3 is 15.6 Å². The van der Waals surface area contributed by atoms with Crippen LogP contribution in [0.25, 0.3) is 0 Å². The van der Waals surface area contributed by atoms with Gasteiger partial charge in [-0.05, 0) is 24.0 Å². The van der Waals surface area contributed by atoms with Crippen LogP contribution >= 0.6 is 0 Å². The number of carbonyl (C=O) groups is 1. The number of carboxylic acids is 1. The van der Waals surface area contributed by atoms with Crippen molar-refractivity contribution < 1.29 is 14.6 Å². The van der Waals surface area contributed by atoms with Crippen LogP contribution in [0.1, 0.15) is 42.4 Å². The van der Waals surface area contributed by atoms with Gasteiger partial charge in [0.2, 0.25) is 0 Å². The van der Waals surface area contributed by atoms with E-state index in [1.807, 2.05) is 32.9 Å². The van der Waals surface area contributed by atoms with Gasteiger partial charge in [-0.2, -0.15) is 0 Å². The van der Waals surface area contributed by atoms with Crippen molar-refractivity contribution in [2.75, 3.05) is 13.7 Å². The number of hydrogen-bond donors (Lipinski definition) is 2. The Hall–Kier alpha value is -1.55. The Morgan fingerprint density at radius 2 is 2.06 bits per heavy atom. The van der Waals surface area contributed by atoms with Crippen molar-refractivity contribution in [3.63, 3.8) is 0 Å². The maximum Gasteiger partial charge on any atom is 0.312 e. The molecule has 1 rings (SSSR count). The summed E-state index contributed by atoms with van der Waals surface area (Å²) in [6, 6.07) is 3.91. The van der Waals surface area contributed by atoms with Crippen molar-refractivity contribution in [2.45, 2.75) is 32.6 Å². The topological polar surface area (TPSA) is 72.5 Å². The summed E-state index contributed by atoms with van der Waals surface area (Å²) in [5, 5.41) is 9.31. The fourth-order valence-electron chi connectivity index (χ4n) is 2.20. The van der Waals surface area contributed by atoms with Crippen molar-refractivity contribution in [1.82, 2.24) is 0 Å². The fourth-order valence-corrected chi connectivity index (χ4v) is 2.20. The Morgan fingerprint density at radius 1 is 1.44 bits per heavy atom. The molecule has 4 heteroatoms. The molecule has 0 aliphatic rings. The lowest BCUT2D eigenvalue weighted by atomic mass is 9.86. The molecule has 0 fully saturated rings. The Bertz CT molecular complexity index is 441. The molecule has 0 aliphatic heterocycles. The third kappa shape index (κ3) is 2.64. The van der Waals surface area contributed by atoms with E-state index in [0.29, 0.717) is 11.3 Å². The summed E-state index contributed by atoms with van der Waals surface area (Å²) >= 11 is 0. The molecule has 18 heavy (non-hydrogen) atoms. The average Bonchev–Trinajstić information content (AvgIpc) is 2.29.